The van der Waals surface area contributed by atoms with Crippen LogP contribution in [0.3, 0.4) is 0 Å². The van der Waals surface area contributed by atoms with Gasteiger partial charge in [-0.2, -0.15) is 5.10 Å². The first-order valence-corrected chi connectivity index (χ1v) is 4.48. The highest BCUT2D eigenvalue weighted by molar-refractivity contribution is 5.85. The van der Waals surface area contributed by atoms with Gasteiger partial charge in [0.15, 0.2) is 5.82 Å². The van der Waals surface area contributed by atoms with E-state index in [4.69, 9.17) is 5.11 Å². The molecule has 0 aromatic carbocycles. The normalized spacial score (nSPS) is 10.8. The number of nitrogens with zero attached hydrogens (tertiary/aromatic N) is 4. The van der Waals surface area contributed by atoms with Gasteiger partial charge in [0.05, 0.1) is 12.4 Å². The largest absolute Gasteiger partial charge is 0.478 e. The SMILES string of the molecule is O=C(O)/C=C/c1cnn(-c2cnccn2)c1. The van der Waals surface area contributed by atoms with Gasteiger partial charge >= 0.3 is 5.97 Å². The summed E-state index contributed by atoms with van der Waals surface area (Å²) in [4.78, 5) is 18.3. The molecule has 6 nitrogen and oxygen atoms in total. The van der Waals surface area contributed by atoms with Crippen LogP contribution in [0, 0.1) is 0 Å². The molecule has 0 radical (unpaired) electrons. The number of aromatic nitrogens is 4. The minimum Gasteiger partial charge on any atom is -0.478 e. The van der Waals surface area contributed by atoms with E-state index in [0.717, 1.165) is 6.08 Å². The Morgan fingerprint density at radius 3 is 2.94 bits per heavy atom. The first-order valence-electron chi connectivity index (χ1n) is 4.48. The molecule has 2 heterocycles. The van der Waals surface area contributed by atoms with Gasteiger partial charge in [-0.3, -0.25) is 4.98 Å². The van der Waals surface area contributed by atoms with Gasteiger partial charge in [0.25, 0.3) is 0 Å². The first-order chi connectivity index (χ1) is 7.75. The maximum atomic E-state index is 10.3. The fraction of sp³-hybridized carbons (Fsp3) is 0. The average molecular weight is 216 g/mol. The molecular formula is C10H8N4O2. The fourth-order valence-electron chi connectivity index (χ4n) is 1.13. The van der Waals surface area contributed by atoms with Crippen LogP contribution in [0.2, 0.25) is 0 Å². The lowest BCUT2D eigenvalue weighted by atomic mass is 10.3. The molecule has 0 saturated carbocycles. The standard InChI is InChI=1S/C10H8N4O2/c15-10(16)2-1-8-5-13-14(7-8)9-6-11-3-4-12-9/h1-7H,(H,15,16)/b2-1+. The van der Waals surface area contributed by atoms with Crippen LogP contribution in [0.15, 0.2) is 37.1 Å². The lowest BCUT2D eigenvalue weighted by Gasteiger charge is -1.96. The van der Waals surface area contributed by atoms with Gasteiger partial charge in [0.1, 0.15) is 0 Å². The zero-order valence-electron chi connectivity index (χ0n) is 8.19. The molecule has 0 aliphatic rings. The van der Waals surface area contributed by atoms with Crippen molar-refractivity contribution in [1.82, 2.24) is 19.7 Å². The zero-order chi connectivity index (χ0) is 11.4. The van der Waals surface area contributed by atoms with Crippen molar-refractivity contribution in [2.75, 3.05) is 0 Å². The van der Waals surface area contributed by atoms with Crippen LogP contribution in [0.4, 0.5) is 0 Å². The van der Waals surface area contributed by atoms with Crippen LogP contribution >= 0.6 is 0 Å². The molecule has 0 aliphatic carbocycles. The van der Waals surface area contributed by atoms with Crippen molar-refractivity contribution in [1.29, 1.82) is 0 Å². The van der Waals surface area contributed by atoms with Crippen molar-refractivity contribution in [3.63, 3.8) is 0 Å². The number of hydrogen-bond donors (Lipinski definition) is 1. The van der Waals surface area contributed by atoms with Crippen molar-refractivity contribution in [2.24, 2.45) is 0 Å². The van der Waals surface area contributed by atoms with E-state index in [1.807, 2.05) is 0 Å². The second-order valence-electron chi connectivity index (χ2n) is 2.95. The number of carbonyl (C=O) groups is 1. The molecule has 0 bridgehead atoms. The molecule has 16 heavy (non-hydrogen) atoms. The number of hydrogen-bond acceptors (Lipinski definition) is 4. The van der Waals surface area contributed by atoms with Crippen molar-refractivity contribution >= 4 is 12.0 Å². The van der Waals surface area contributed by atoms with Crippen molar-refractivity contribution < 1.29 is 9.90 Å². The van der Waals surface area contributed by atoms with Gasteiger partial charge in [-0.15, -0.1) is 0 Å². The van der Waals surface area contributed by atoms with E-state index in [9.17, 15) is 4.79 Å². The molecular weight excluding hydrogens is 208 g/mol. The van der Waals surface area contributed by atoms with Gasteiger partial charge in [-0.05, 0) is 6.08 Å². The topological polar surface area (TPSA) is 80.9 Å². The molecule has 2 aromatic rings. The van der Waals surface area contributed by atoms with Crippen LogP contribution in [-0.4, -0.2) is 30.8 Å². The van der Waals surface area contributed by atoms with E-state index >= 15 is 0 Å². The molecule has 0 aliphatic heterocycles. The summed E-state index contributed by atoms with van der Waals surface area (Å²) in [5.74, 6) is -0.412. The smallest absolute Gasteiger partial charge is 0.328 e. The molecule has 80 valence electrons. The van der Waals surface area contributed by atoms with Crippen LogP contribution in [0.25, 0.3) is 11.9 Å². The number of aliphatic carboxylic acids is 1. The highest BCUT2D eigenvalue weighted by atomic mass is 16.4. The van der Waals surface area contributed by atoms with Gasteiger partial charge in [0.2, 0.25) is 0 Å². The van der Waals surface area contributed by atoms with Crippen molar-refractivity contribution in [2.45, 2.75) is 0 Å². The average Bonchev–Trinajstić information content (AvgIpc) is 2.76. The predicted octanol–water partition coefficient (Wildman–Crippen LogP) is 0.760. The Morgan fingerprint density at radius 1 is 1.38 bits per heavy atom. The third-order valence-corrected chi connectivity index (χ3v) is 1.81. The third kappa shape index (κ3) is 2.30. The van der Waals surface area contributed by atoms with E-state index in [2.05, 4.69) is 15.1 Å². The second-order valence-corrected chi connectivity index (χ2v) is 2.95. The molecule has 0 amide bonds. The summed E-state index contributed by atoms with van der Waals surface area (Å²) in [6.07, 6.45) is 10.4. The molecule has 0 fully saturated rings. The van der Waals surface area contributed by atoms with Gasteiger partial charge < -0.3 is 5.11 Å². The van der Waals surface area contributed by atoms with Gasteiger partial charge in [-0.25, -0.2) is 14.5 Å². The molecule has 0 unspecified atom stereocenters. The Labute approximate surface area is 90.9 Å². The Bertz CT molecular complexity index is 519. The summed E-state index contributed by atoms with van der Waals surface area (Å²) < 4.78 is 1.52. The van der Waals surface area contributed by atoms with E-state index in [1.165, 1.54) is 10.8 Å². The second kappa shape index (κ2) is 4.35. The van der Waals surface area contributed by atoms with E-state index < -0.39 is 5.97 Å². The van der Waals surface area contributed by atoms with Gasteiger partial charge in [0, 0.05) is 30.2 Å². The number of rotatable bonds is 3. The van der Waals surface area contributed by atoms with E-state index in [0.29, 0.717) is 11.4 Å². The lowest BCUT2D eigenvalue weighted by Crippen LogP contribution is -1.97. The minimum atomic E-state index is -0.993. The van der Waals surface area contributed by atoms with E-state index in [1.54, 1.807) is 31.0 Å². The fourth-order valence-corrected chi connectivity index (χ4v) is 1.13. The molecule has 0 atom stereocenters. The molecule has 0 spiro atoms. The Morgan fingerprint density at radius 2 is 2.25 bits per heavy atom. The molecule has 6 heteroatoms. The Balaban J connectivity index is 2.23. The maximum absolute atomic E-state index is 10.3. The molecule has 2 aromatic heterocycles. The predicted molar refractivity (Wildman–Crippen MR) is 55.8 cm³/mol. The van der Waals surface area contributed by atoms with Crippen LogP contribution < -0.4 is 0 Å². The maximum Gasteiger partial charge on any atom is 0.328 e. The summed E-state index contributed by atoms with van der Waals surface area (Å²) in [6.45, 7) is 0. The lowest BCUT2D eigenvalue weighted by molar-refractivity contribution is -0.131. The monoisotopic (exact) mass is 216 g/mol. The van der Waals surface area contributed by atoms with Crippen LogP contribution in [0.5, 0.6) is 0 Å². The number of carboxylic acids is 1. The third-order valence-electron chi connectivity index (χ3n) is 1.81. The zero-order valence-corrected chi connectivity index (χ0v) is 8.19. The summed E-state index contributed by atoms with van der Waals surface area (Å²) in [5, 5.41) is 12.5. The summed E-state index contributed by atoms with van der Waals surface area (Å²) in [7, 11) is 0. The summed E-state index contributed by atoms with van der Waals surface area (Å²) in [6, 6.07) is 0. The number of carboxylic acid groups (broad SMARTS) is 1. The molecule has 0 saturated heterocycles. The Hall–Kier alpha value is -2.50. The Kier molecular flexibility index (Phi) is 2.73. The highest BCUT2D eigenvalue weighted by Crippen LogP contribution is 2.05. The quantitative estimate of drug-likeness (QED) is 0.766. The van der Waals surface area contributed by atoms with Crippen molar-refractivity contribution in [3.8, 4) is 5.82 Å². The van der Waals surface area contributed by atoms with Gasteiger partial charge in [-0.1, -0.05) is 0 Å². The van der Waals surface area contributed by atoms with Crippen LogP contribution in [-0.2, 0) is 4.79 Å². The molecule has 1 N–H and O–H groups in total. The summed E-state index contributed by atoms with van der Waals surface area (Å²) in [5.41, 5.74) is 0.688. The van der Waals surface area contributed by atoms with Crippen LogP contribution in [0.1, 0.15) is 5.56 Å². The summed E-state index contributed by atoms with van der Waals surface area (Å²) >= 11 is 0. The van der Waals surface area contributed by atoms with Crippen molar-refractivity contribution in [3.05, 3.63) is 42.6 Å². The highest BCUT2D eigenvalue weighted by Gasteiger charge is 1.99. The minimum absolute atomic E-state index is 0.581. The van der Waals surface area contributed by atoms with E-state index in [-0.39, 0.29) is 0 Å². The molecule has 2 rings (SSSR count). The first kappa shape index (κ1) is 10.0.